The van der Waals surface area contributed by atoms with Crippen LogP contribution >= 0.6 is 23.2 Å². The lowest BCUT2D eigenvalue weighted by molar-refractivity contribution is 0.102. The van der Waals surface area contributed by atoms with Crippen molar-refractivity contribution >= 4 is 40.6 Å². The van der Waals surface area contributed by atoms with E-state index in [9.17, 15) is 4.79 Å². The maximum Gasteiger partial charge on any atom is 0.275 e. The van der Waals surface area contributed by atoms with E-state index in [1.807, 2.05) is 6.07 Å². The fraction of sp³-hybridized carbons (Fsp3) is 0.150. The molecule has 0 aliphatic carbocycles. The van der Waals surface area contributed by atoms with Crippen LogP contribution in [0.5, 0.6) is 0 Å². The molecule has 1 aliphatic heterocycles. The molecular formula is C20H16Cl2N4O. The number of nitrogens with zero attached hydrogens (tertiary/aromatic N) is 3. The fourth-order valence-corrected chi connectivity index (χ4v) is 3.64. The van der Waals surface area contributed by atoms with Gasteiger partial charge in [0.25, 0.3) is 5.91 Å². The van der Waals surface area contributed by atoms with Crippen LogP contribution in [-0.4, -0.2) is 22.4 Å². The molecule has 0 unspecified atom stereocenters. The van der Waals surface area contributed by atoms with Crippen LogP contribution < -0.4 is 10.2 Å². The summed E-state index contributed by atoms with van der Waals surface area (Å²) in [6.45, 7) is 1.66. The molecule has 0 bridgehead atoms. The molecule has 0 spiro atoms. The summed E-state index contributed by atoms with van der Waals surface area (Å²) >= 11 is 11.9. The molecule has 1 amide bonds. The molecule has 136 valence electrons. The molecule has 1 N–H and O–H groups in total. The molecule has 1 aliphatic rings. The van der Waals surface area contributed by atoms with E-state index < -0.39 is 0 Å². The van der Waals surface area contributed by atoms with Gasteiger partial charge in [-0.05, 0) is 35.7 Å². The third-order valence-electron chi connectivity index (χ3n) is 4.45. The van der Waals surface area contributed by atoms with Gasteiger partial charge < -0.3 is 10.2 Å². The standard InChI is InChI=1S/C20H16Cl2N4O/c21-15-7-16(22)9-17(8-15)25-20(27)18-10-24-19(11-23-18)26-6-5-13-3-1-2-4-14(13)12-26/h1-4,7-11H,5-6,12H2,(H,25,27). The molecule has 2 heterocycles. The smallest absolute Gasteiger partial charge is 0.275 e. The summed E-state index contributed by atoms with van der Waals surface area (Å²) in [6, 6.07) is 13.2. The van der Waals surface area contributed by atoms with Crippen molar-refractivity contribution in [1.82, 2.24) is 9.97 Å². The Labute approximate surface area is 167 Å². The summed E-state index contributed by atoms with van der Waals surface area (Å²) in [7, 11) is 0. The number of benzene rings is 2. The van der Waals surface area contributed by atoms with Crippen LogP contribution in [0.3, 0.4) is 0 Å². The Bertz CT molecular complexity index is 971. The first kappa shape index (κ1) is 17.8. The molecule has 3 aromatic rings. The number of fused-ring (bicyclic) bond motifs is 1. The van der Waals surface area contributed by atoms with Crippen molar-refractivity contribution in [3.05, 3.63) is 81.7 Å². The van der Waals surface area contributed by atoms with Crippen LogP contribution in [0.15, 0.2) is 54.9 Å². The first-order chi connectivity index (χ1) is 13.1. The lowest BCUT2D eigenvalue weighted by atomic mass is 10.0. The zero-order chi connectivity index (χ0) is 18.8. The molecule has 5 nitrogen and oxygen atoms in total. The topological polar surface area (TPSA) is 58.1 Å². The van der Waals surface area contributed by atoms with Gasteiger partial charge in [-0.3, -0.25) is 4.79 Å². The highest BCUT2D eigenvalue weighted by Gasteiger charge is 2.18. The summed E-state index contributed by atoms with van der Waals surface area (Å²) < 4.78 is 0. The van der Waals surface area contributed by atoms with Crippen molar-refractivity contribution in [3.8, 4) is 0 Å². The minimum absolute atomic E-state index is 0.229. The van der Waals surface area contributed by atoms with E-state index >= 15 is 0 Å². The van der Waals surface area contributed by atoms with E-state index in [-0.39, 0.29) is 11.6 Å². The van der Waals surface area contributed by atoms with E-state index in [1.54, 1.807) is 24.4 Å². The summed E-state index contributed by atoms with van der Waals surface area (Å²) in [5.41, 5.74) is 3.41. The predicted octanol–water partition coefficient (Wildman–Crippen LogP) is 4.60. The van der Waals surface area contributed by atoms with Crippen molar-refractivity contribution in [2.45, 2.75) is 13.0 Å². The molecule has 0 saturated carbocycles. The number of hydrogen-bond donors (Lipinski definition) is 1. The van der Waals surface area contributed by atoms with Gasteiger partial charge in [-0.15, -0.1) is 0 Å². The number of amides is 1. The van der Waals surface area contributed by atoms with Gasteiger partial charge in [0.2, 0.25) is 0 Å². The van der Waals surface area contributed by atoms with Crippen LogP contribution in [0.4, 0.5) is 11.5 Å². The summed E-state index contributed by atoms with van der Waals surface area (Å²) in [5, 5.41) is 3.63. The second-order valence-electron chi connectivity index (χ2n) is 6.31. The van der Waals surface area contributed by atoms with Gasteiger partial charge in [0.15, 0.2) is 0 Å². The van der Waals surface area contributed by atoms with Crippen LogP contribution in [0.25, 0.3) is 0 Å². The summed E-state index contributed by atoms with van der Waals surface area (Å²) in [6.07, 6.45) is 4.08. The Morgan fingerprint density at radius 3 is 2.44 bits per heavy atom. The third kappa shape index (κ3) is 4.04. The average Bonchev–Trinajstić information content (AvgIpc) is 2.67. The van der Waals surface area contributed by atoms with Crippen LogP contribution in [0.1, 0.15) is 21.6 Å². The quantitative estimate of drug-likeness (QED) is 0.700. The second-order valence-corrected chi connectivity index (χ2v) is 7.19. The van der Waals surface area contributed by atoms with E-state index in [4.69, 9.17) is 23.2 Å². The Morgan fingerprint density at radius 1 is 1.00 bits per heavy atom. The van der Waals surface area contributed by atoms with Crippen molar-refractivity contribution < 1.29 is 4.79 Å². The molecule has 0 atom stereocenters. The molecule has 2 aromatic carbocycles. The number of halogens is 2. The molecule has 27 heavy (non-hydrogen) atoms. The molecule has 0 radical (unpaired) electrons. The van der Waals surface area contributed by atoms with Crippen LogP contribution in [0, 0.1) is 0 Å². The SMILES string of the molecule is O=C(Nc1cc(Cl)cc(Cl)c1)c1cnc(N2CCc3ccccc3C2)cn1. The Hall–Kier alpha value is -2.63. The second kappa shape index (κ2) is 7.55. The Morgan fingerprint density at radius 2 is 1.74 bits per heavy atom. The van der Waals surface area contributed by atoms with Gasteiger partial charge >= 0.3 is 0 Å². The first-order valence-corrected chi connectivity index (χ1v) is 9.25. The van der Waals surface area contributed by atoms with E-state index in [0.717, 1.165) is 25.3 Å². The minimum Gasteiger partial charge on any atom is -0.351 e. The van der Waals surface area contributed by atoms with Gasteiger partial charge in [0.05, 0.1) is 12.4 Å². The van der Waals surface area contributed by atoms with Gasteiger partial charge in [0, 0.05) is 28.8 Å². The predicted molar refractivity (Wildman–Crippen MR) is 108 cm³/mol. The maximum absolute atomic E-state index is 12.4. The highest BCUT2D eigenvalue weighted by Crippen LogP contribution is 2.24. The highest BCUT2D eigenvalue weighted by atomic mass is 35.5. The number of carbonyl (C=O) groups excluding carboxylic acids is 1. The number of carbonyl (C=O) groups is 1. The molecule has 0 saturated heterocycles. The zero-order valence-corrected chi connectivity index (χ0v) is 15.8. The number of anilines is 2. The van der Waals surface area contributed by atoms with E-state index in [0.29, 0.717) is 15.7 Å². The number of rotatable bonds is 3. The monoisotopic (exact) mass is 398 g/mol. The van der Waals surface area contributed by atoms with Crippen LogP contribution in [0.2, 0.25) is 10.0 Å². The molecule has 4 rings (SSSR count). The number of hydrogen-bond acceptors (Lipinski definition) is 4. The molecule has 7 heteroatoms. The van der Waals surface area contributed by atoms with Crippen molar-refractivity contribution in [2.75, 3.05) is 16.8 Å². The van der Waals surface area contributed by atoms with Gasteiger partial charge in [-0.1, -0.05) is 47.5 Å². The summed E-state index contributed by atoms with van der Waals surface area (Å²) in [4.78, 5) is 23.2. The maximum atomic E-state index is 12.4. The van der Waals surface area contributed by atoms with Crippen molar-refractivity contribution in [3.63, 3.8) is 0 Å². The largest absolute Gasteiger partial charge is 0.351 e. The third-order valence-corrected chi connectivity index (χ3v) is 4.88. The molecule has 1 aromatic heterocycles. The fourth-order valence-electron chi connectivity index (χ4n) is 3.11. The van der Waals surface area contributed by atoms with Crippen molar-refractivity contribution in [2.24, 2.45) is 0 Å². The average molecular weight is 399 g/mol. The lowest BCUT2D eigenvalue weighted by Gasteiger charge is -2.29. The van der Waals surface area contributed by atoms with Crippen LogP contribution in [-0.2, 0) is 13.0 Å². The lowest BCUT2D eigenvalue weighted by Crippen LogP contribution is -2.31. The van der Waals surface area contributed by atoms with E-state index in [1.165, 1.54) is 17.3 Å². The van der Waals surface area contributed by atoms with E-state index in [2.05, 4.69) is 38.4 Å². The number of aromatic nitrogens is 2. The molecular weight excluding hydrogens is 383 g/mol. The minimum atomic E-state index is -0.364. The van der Waals surface area contributed by atoms with Crippen molar-refractivity contribution in [1.29, 1.82) is 0 Å². The van der Waals surface area contributed by atoms with Gasteiger partial charge in [0.1, 0.15) is 11.5 Å². The number of nitrogens with one attached hydrogen (secondary N) is 1. The van der Waals surface area contributed by atoms with Gasteiger partial charge in [-0.2, -0.15) is 0 Å². The Kier molecular flexibility index (Phi) is 4.97. The zero-order valence-electron chi connectivity index (χ0n) is 14.3. The summed E-state index contributed by atoms with van der Waals surface area (Å²) in [5.74, 6) is 0.392. The normalized spacial score (nSPS) is 13.2. The molecule has 0 fully saturated rings. The highest BCUT2D eigenvalue weighted by molar-refractivity contribution is 6.35. The first-order valence-electron chi connectivity index (χ1n) is 8.50. The van der Waals surface area contributed by atoms with Gasteiger partial charge in [-0.25, -0.2) is 9.97 Å². The Balaban J connectivity index is 1.47.